The van der Waals surface area contributed by atoms with Gasteiger partial charge in [0.15, 0.2) is 0 Å². The lowest BCUT2D eigenvalue weighted by Gasteiger charge is -2.34. The lowest BCUT2D eigenvalue weighted by Crippen LogP contribution is -2.44. The minimum Gasteiger partial charge on any atom is -0.507 e. The smallest absolute Gasteiger partial charge is 0.123 e. The monoisotopic (exact) mass is 286 g/mol. The van der Waals surface area contributed by atoms with Crippen LogP contribution in [0.4, 0.5) is 0 Å². The first-order valence-electron chi connectivity index (χ1n) is 5.88. The number of aromatic hydroxyl groups is 1. The van der Waals surface area contributed by atoms with Gasteiger partial charge in [0.05, 0.1) is 11.1 Å². The van der Waals surface area contributed by atoms with Gasteiger partial charge in [0.2, 0.25) is 0 Å². The Hall–Kier alpha value is -0.740. The molecule has 1 fully saturated rings. The average molecular weight is 287 g/mol. The van der Waals surface area contributed by atoms with Crippen LogP contribution in [0.15, 0.2) is 24.8 Å². The van der Waals surface area contributed by atoms with Crippen LogP contribution in [-0.2, 0) is 0 Å². The predicted octanol–water partition coefficient (Wildman–Crippen LogP) is 2.83. The Labute approximate surface area is 117 Å². The fourth-order valence-electron chi connectivity index (χ4n) is 2.27. The molecule has 1 heterocycles. The minimum absolute atomic E-state index is 0.0862. The number of nitrogens with zero attached hydrogens (tertiary/aromatic N) is 1. The number of piperazine rings is 1. The van der Waals surface area contributed by atoms with Crippen molar-refractivity contribution in [2.24, 2.45) is 0 Å². The zero-order valence-electron chi connectivity index (χ0n) is 10.00. The number of halogens is 2. The first kappa shape index (κ1) is 13.7. The van der Waals surface area contributed by atoms with Crippen LogP contribution in [0.2, 0.25) is 10.0 Å². The molecule has 18 heavy (non-hydrogen) atoms. The van der Waals surface area contributed by atoms with E-state index in [2.05, 4.69) is 16.8 Å². The zero-order chi connectivity index (χ0) is 13.1. The summed E-state index contributed by atoms with van der Waals surface area (Å²) < 4.78 is 0. The molecule has 1 aromatic rings. The zero-order valence-corrected chi connectivity index (χ0v) is 11.5. The van der Waals surface area contributed by atoms with Crippen LogP contribution in [0.3, 0.4) is 0 Å². The molecule has 98 valence electrons. The molecule has 5 heteroatoms. The highest BCUT2D eigenvalue weighted by molar-refractivity contribution is 6.35. The highest BCUT2D eigenvalue weighted by Gasteiger charge is 2.24. The van der Waals surface area contributed by atoms with E-state index < -0.39 is 0 Å². The lowest BCUT2D eigenvalue weighted by atomic mass is 10.0. The van der Waals surface area contributed by atoms with E-state index in [-0.39, 0.29) is 11.8 Å². The van der Waals surface area contributed by atoms with E-state index in [1.165, 1.54) is 6.07 Å². The summed E-state index contributed by atoms with van der Waals surface area (Å²) in [6, 6.07) is 3.08. The normalized spacial score (nSPS) is 18.6. The third-order valence-corrected chi connectivity index (χ3v) is 3.67. The summed E-state index contributed by atoms with van der Waals surface area (Å²) >= 11 is 12.1. The van der Waals surface area contributed by atoms with Crippen molar-refractivity contribution in [1.82, 2.24) is 10.2 Å². The number of nitrogens with one attached hydrogen (secondary N) is 1. The number of phenols is 1. The van der Waals surface area contributed by atoms with Crippen LogP contribution in [0.1, 0.15) is 11.6 Å². The van der Waals surface area contributed by atoms with Gasteiger partial charge in [-0.1, -0.05) is 29.3 Å². The van der Waals surface area contributed by atoms with E-state index in [1.807, 2.05) is 0 Å². The first-order valence-corrected chi connectivity index (χ1v) is 6.64. The van der Waals surface area contributed by atoms with E-state index in [1.54, 1.807) is 12.1 Å². The average Bonchev–Trinajstić information content (AvgIpc) is 2.34. The van der Waals surface area contributed by atoms with Crippen LogP contribution in [0.5, 0.6) is 5.75 Å². The Morgan fingerprint density at radius 3 is 2.56 bits per heavy atom. The quantitative estimate of drug-likeness (QED) is 0.839. The molecule has 2 rings (SSSR count). The van der Waals surface area contributed by atoms with Crippen molar-refractivity contribution >= 4 is 23.2 Å². The maximum Gasteiger partial charge on any atom is 0.123 e. The molecule has 0 radical (unpaired) electrons. The van der Waals surface area contributed by atoms with Gasteiger partial charge in [-0.3, -0.25) is 4.90 Å². The standard InChI is InChI=1S/C13H16Cl2N2O/c1-2-11(17-5-3-16-4-6-17)13-10(15)7-9(14)8-12(13)18/h2,7-8,11,16,18H,1,3-6H2/t11-/m0/s1. The van der Waals surface area contributed by atoms with Crippen LogP contribution in [0, 0.1) is 0 Å². The molecule has 1 atom stereocenters. The van der Waals surface area contributed by atoms with Gasteiger partial charge in [0.25, 0.3) is 0 Å². The largest absolute Gasteiger partial charge is 0.507 e. The summed E-state index contributed by atoms with van der Waals surface area (Å²) in [7, 11) is 0. The highest BCUT2D eigenvalue weighted by atomic mass is 35.5. The summed E-state index contributed by atoms with van der Waals surface area (Å²) in [5.41, 5.74) is 0.679. The van der Waals surface area contributed by atoms with Gasteiger partial charge in [-0.15, -0.1) is 6.58 Å². The van der Waals surface area contributed by atoms with Gasteiger partial charge >= 0.3 is 0 Å². The Morgan fingerprint density at radius 2 is 2.00 bits per heavy atom. The number of hydrogen-bond donors (Lipinski definition) is 2. The van der Waals surface area contributed by atoms with Crippen LogP contribution < -0.4 is 5.32 Å². The van der Waals surface area contributed by atoms with Crippen molar-refractivity contribution in [2.75, 3.05) is 26.2 Å². The summed E-state index contributed by atoms with van der Waals surface area (Å²) in [6.07, 6.45) is 1.81. The van der Waals surface area contributed by atoms with Crippen molar-refractivity contribution in [3.05, 3.63) is 40.4 Å². The summed E-state index contributed by atoms with van der Waals surface area (Å²) in [5.74, 6) is 0.121. The van der Waals surface area contributed by atoms with E-state index >= 15 is 0 Å². The molecule has 0 amide bonds. The number of hydrogen-bond acceptors (Lipinski definition) is 3. The topological polar surface area (TPSA) is 35.5 Å². The molecular weight excluding hydrogens is 271 g/mol. The van der Waals surface area contributed by atoms with Gasteiger partial charge in [-0.05, 0) is 12.1 Å². The van der Waals surface area contributed by atoms with Gasteiger partial charge in [-0.2, -0.15) is 0 Å². The first-order chi connectivity index (χ1) is 8.63. The van der Waals surface area contributed by atoms with Crippen LogP contribution >= 0.6 is 23.2 Å². The molecule has 0 unspecified atom stereocenters. The maximum atomic E-state index is 10.0. The Morgan fingerprint density at radius 1 is 1.33 bits per heavy atom. The van der Waals surface area contributed by atoms with Crippen LogP contribution in [0.25, 0.3) is 0 Å². The number of benzene rings is 1. The Bertz CT molecular complexity index is 422. The summed E-state index contributed by atoms with van der Waals surface area (Å²) in [4.78, 5) is 2.23. The second kappa shape index (κ2) is 5.93. The van der Waals surface area contributed by atoms with E-state index in [0.717, 1.165) is 26.2 Å². The number of rotatable bonds is 3. The molecule has 1 saturated heterocycles. The second-order valence-corrected chi connectivity index (χ2v) is 5.13. The third-order valence-electron chi connectivity index (χ3n) is 3.14. The second-order valence-electron chi connectivity index (χ2n) is 4.29. The third kappa shape index (κ3) is 2.81. The predicted molar refractivity (Wildman–Crippen MR) is 75.5 cm³/mol. The van der Waals surface area contributed by atoms with Crippen molar-refractivity contribution in [3.63, 3.8) is 0 Å². The van der Waals surface area contributed by atoms with Gasteiger partial charge < -0.3 is 10.4 Å². The molecule has 1 aliphatic heterocycles. The molecule has 0 saturated carbocycles. The van der Waals surface area contributed by atoms with Gasteiger partial charge in [0, 0.05) is 36.8 Å². The number of phenolic OH excluding ortho intramolecular Hbond substituents is 1. The highest BCUT2D eigenvalue weighted by Crippen LogP contribution is 2.37. The molecule has 2 N–H and O–H groups in total. The summed E-state index contributed by atoms with van der Waals surface area (Å²) in [5, 5.41) is 14.2. The Balaban J connectivity index is 2.35. The van der Waals surface area contributed by atoms with E-state index in [4.69, 9.17) is 23.2 Å². The van der Waals surface area contributed by atoms with Gasteiger partial charge in [-0.25, -0.2) is 0 Å². The Kier molecular flexibility index (Phi) is 4.51. The molecule has 1 aromatic carbocycles. The van der Waals surface area contributed by atoms with Gasteiger partial charge in [0.1, 0.15) is 5.75 Å². The molecular formula is C13H16Cl2N2O. The molecule has 3 nitrogen and oxygen atoms in total. The molecule has 1 aliphatic rings. The van der Waals surface area contributed by atoms with E-state index in [9.17, 15) is 5.11 Å². The van der Waals surface area contributed by atoms with Crippen molar-refractivity contribution in [2.45, 2.75) is 6.04 Å². The molecule has 0 bridgehead atoms. The minimum atomic E-state index is -0.0862. The SMILES string of the molecule is C=C[C@@H](c1c(O)cc(Cl)cc1Cl)N1CCNCC1. The van der Waals surface area contributed by atoms with Crippen molar-refractivity contribution < 1.29 is 5.11 Å². The maximum absolute atomic E-state index is 10.0. The molecule has 0 spiro atoms. The fraction of sp³-hybridized carbons (Fsp3) is 0.385. The van der Waals surface area contributed by atoms with E-state index in [0.29, 0.717) is 15.6 Å². The lowest BCUT2D eigenvalue weighted by molar-refractivity contribution is 0.201. The van der Waals surface area contributed by atoms with Crippen molar-refractivity contribution in [3.8, 4) is 5.75 Å². The molecule has 0 aromatic heterocycles. The summed E-state index contributed by atoms with van der Waals surface area (Å²) in [6.45, 7) is 7.50. The van der Waals surface area contributed by atoms with Crippen molar-refractivity contribution in [1.29, 1.82) is 0 Å². The molecule has 0 aliphatic carbocycles. The fourth-order valence-corrected chi connectivity index (χ4v) is 2.87. The van der Waals surface area contributed by atoms with Crippen LogP contribution in [-0.4, -0.2) is 36.2 Å².